The van der Waals surface area contributed by atoms with Gasteiger partial charge in [0.05, 0.1) is 23.8 Å². The maximum absolute atomic E-state index is 6.81. The van der Waals surface area contributed by atoms with E-state index < -0.39 is 0 Å². The highest BCUT2D eigenvalue weighted by Gasteiger charge is 2.12. The Kier molecular flexibility index (Phi) is 4.71. The number of hydroxylamine groups is 1. The summed E-state index contributed by atoms with van der Waals surface area (Å²) in [6.07, 6.45) is 1.84. The second-order valence-corrected chi connectivity index (χ2v) is 6.40. The molecule has 4 aromatic rings. The molecule has 1 aromatic heterocycles. The Morgan fingerprint density at radius 2 is 1.69 bits per heavy atom. The number of nitrogens with zero attached hydrogens (tertiary/aromatic N) is 1. The summed E-state index contributed by atoms with van der Waals surface area (Å²) in [4.78, 5) is 4.89. The lowest BCUT2D eigenvalue weighted by atomic mass is 9.96. The molecule has 130 valence electrons. The van der Waals surface area contributed by atoms with E-state index in [2.05, 4.69) is 46.0 Å². The first-order valence-corrected chi connectivity index (χ1v) is 8.72. The Morgan fingerprint density at radius 3 is 2.50 bits per heavy atom. The van der Waals surface area contributed by atoms with Gasteiger partial charge in [0.1, 0.15) is 0 Å². The zero-order valence-electron chi connectivity index (χ0n) is 14.3. The molecule has 1 heterocycles. The Balaban J connectivity index is 1.76. The lowest BCUT2D eigenvalue weighted by Gasteiger charge is -2.12. The Hall–Kier alpha value is -2.66. The van der Waals surface area contributed by atoms with Gasteiger partial charge < -0.3 is 4.84 Å². The van der Waals surface area contributed by atoms with E-state index in [0.717, 1.165) is 43.7 Å². The van der Waals surface area contributed by atoms with E-state index in [-0.39, 0.29) is 0 Å². The van der Waals surface area contributed by atoms with Crippen molar-refractivity contribution in [2.45, 2.75) is 6.54 Å². The first-order chi connectivity index (χ1) is 12.8. The molecule has 0 spiro atoms. The molecule has 5 heteroatoms. The van der Waals surface area contributed by atoms with Gasteiger partial charge in [-0.15, -0.1) is 0 Å². The number of hydrogen-bond donors (Lipinski definition) is 2. The summed E-state index contributed by atoms with van der Waals surface area (Å²) in [5, 5.41) is 8.96. The first-order valence-electron chi connectivity index (χ1n) is 8.34. The van der Waals surface area contributed by atoms with E-state index in [1.165, 1.54) is 0 Å². The Morgan fingerprint density at radius 1 is 0.962 bits per heavy atom. The molecule has 3 aromatic carbocycles. The van der Waals surface area contributed by atoms with Crippen molar-refractivity contribution in [3.63, 3.8) is 0 Å². The van der Waals surface area contributed by atoms with Crippen LogP contribution < -0.4 is 5.48 Å². The molecule has 0 aliphatic carbocycles. The second-order valence-electron chi connectivity index (χ2n) is 6.03. The van der Waals surface area contributed by atoms with Crippen molar-refractivity contribution in [2.24, 2.45) is 0 Å². The normalized spacial score (nSPS) is 11.2. The summed E-state index contributed by atoms with van der Waals surface area (Å²) >= 11 is 6.81. The van der Waals surface area contributed by atoms with Crippen molar-refractivity contribution in [3.8, 4) is 22.3 Å². The molecule has 0 amide bonds. The topological polar surface area (TPSA) is 49.9 Å². The molecule has 4 nitrogen and oxygen atoms in total. The van der Waals surface area contributed by atoms with Crippen LogP contribution in [0.2, 0.25) is 5.02 Å². The number of aromatic nitrogens is 2. The maximum atomic E-state index is 6.81. The average Bonchev–Trinajstić information content (AvgIpc) is 3.16. The van der Waals surface area contributed by atoms with Crippen molar-refractivity contribution < 1.29 is 4.84 Å². The third kappa shape index (κ3) is 3.10. The van der Waals surface area contributed by atoms with E-state index in [4.69, 9.17) is 16.4 Å². The van der Waals surface area contributed by atoms with Crippen molar-refractivity contribution in [1.29, 1.82) is 0 Å². The van der Waals surface area contributed by atoms with Crippen molar-refractivity contribution in [1.82, 2.24) is 15.7 Å². The van der Waals surface area contributed by atoms with Crippen LogP contribution in [0.3, 0.4) is 0 Å². The highest BCUT2D eigenvalue weighted by Crippen LogP contribution is 2.38. The van der Waals surface area contributed by atoms with Crippen LogP contribution >= 0.6 is 11.6 Å². The average molecular weight is 364 g/mol. The fourth-order valence-electron chi connectivity index (χ4n) is 3.12. The van der Waals surface area contributed by atoms with Gasteiger partial charge in [-0.1, -0.05) is 66.2 Å². The third-order valence-corrected chi connectivity index (χ3v) is 4.87. The van der Waals surface area contributed by atoms with Gasteiger partial charge in [0.2, 0.25) is 0 Å². The van der Waals surface area contributed by atoms with Gasteiger partial charge in [-0.25, -0.2) is 0 Å². The molecule has 0 saturated heterocycles. The van der Waals surface area contributed by atoms with Crippen LogP contribution in [0, 0.1) is 0 Å². The molecule has 0 atom stereocenters. The Bertz CT molecular complexity index is 1040. The summed E-state index contributed by atoms with van der Waals surface area (Å²) < 4.78 is 0. The highest BCUT2D eigenvalue weighted by atomic mass is 35.5. The van der Waals surface area contributed by atoms with Crippen LogP contribution in [0.5, 0.6) is 0 Å². The number of hydrogen-bond acceptors (Lipinski definition) is 3. The maximum Gasteiger partial charge on any atom is 0.0656 e. The van der Waals surface area contributed by atoms with Crippen LogP contribution in [-0.2, 0) is 11.4 Å². The summed E-state index contributed by atoms with van der Waals surface area (Å²) in [6.45, 7) is 0.660. The number of benzene rings is 3. The van der Waals surface area contributed by atoms with Crippen molar-refractivity contribution in [3.05, 3.63) is 77.4 Å². The number of nitrogens with one attached hydrogen (secondary N) is 2. The van der Waals surface area contributed by atoms with E-state index in [1.807, 2.05) is 36.5 Å². The molecule has 0 aliphatic heterocycles. The van der Waals surface area contributed by atoms with Crippen LogP contribution in [0.25, 0.3) is 33.2 Å². The smallest absolute Gasteiger partial charge is 0.0656 e. The molecule has 0 bridgehead atoms. The minimum absolute atomic E-state index is 0.660. The van der Waals surface area contributed by atoms with E-state index in [0.29, 0.717) is 6.54 Å². The molecule has 0 saturated carbocycles. The van der Waals surface area contributed by atoms with Gasteiger partial charge in [-0.2, -0.15) is 10.6 Å². The van der Waals surface area contributed by atoms with Crippen LogP contribution in [0.4, 0.5) is 0 Å². The second kappa shape index (κ2) is 7.30. The highest BCUT2D eigenvalue weighted by molar-refractivity contribution is 6.36. The van der Waals surface area contributed by atoms with Gasteiger partial charge in [-0.05, 0) is 22.8 Å². The third-order valence-electron chi connectivity index (χ3n) is 4.46. The summed E-state index contributed by atoms with van der Waals surface area (Å²) in [7, 11) is 1.61. The minimum atomic E-state index is 0.660. The summed E-state index contributed by atoms with van der Waals surface area (Å²) in [5.41, 5.74) is 9.15. The fourth-order valence-corrected chi connectivity index (χ4v) is 3.46. The SMILES string of the molecule is CONCc1ccc(-c2cccc(-c3cccc4[nH]ncc34)c2Cl)cc1. The van der Waals surface area contributed by atoms with Gasteiger partial charge in [-0.3, -0.25) is 5.10 Å². The lowest BCUT2D eigenvalue weighted by Crippen LogP contribution is -2.10. The first kappa shape index (κ1) is 16.8. The zero-order chi connectivity index (χ0) is 17.9. The molecule has 2 N–H and O–H groups in total. The van der Waals surface area contributed by atoms with Crippen molar-refractivity contribution >= 4 is 22.5 Å². The predicted octanol–water partition coefficient (Wildman–Crippen LogP) is 5.20. The van der Waals surface area contributed by atoms with Crippen LogP contribution in [-0.4, -0.2) is 17.3 Å². The predicted molar refractivity (Wildman–Crippen MR) is 106 cm³/mol. The molecule has 4 rings (SSSR count). The van der Waals surface area contributed by atoms with Crippen LogP contribution in [0.1, 0.15) is 5.56 Å². The molecule has 0 radical (unpaired) electrons. The van der Waals surface area contributed by atoms with Gasteiger partial charge in [0.15, 0.2) is 0 Å². The molecule has 26 heavy (non-hydrogen) atoms. The quantitative estimate of drug-likeness (QED) is 0.479. The largest absolute Gasteiger partial charge is 0.305 e. The number of fused-ring (bicyclic) bond motifs is 1. The fraction of sp³-hybridized carbons (Fsp3) is 0.0952. The number of rotatable bonds is 5. The van der Waals surface area contributed by atoms with E-state index in [9.17, 15) is 0 Å². The van der Waals surface area contributed by atoms with Crippen molar-refractivity contribution in [2.75, 3.05) is 7.11 Å². The minimum Gasteiger partial charge on any atom is -0.305 e. The number of H-pyrrole nitrogens is 1. The van der Waals surface area contributed by atoms with E-state index in [1.54, 1.807) is 7.11 Å². The monoisotopic (exact) mass is 363 g/mol. The summed E-state index contributed by atoms with van der Waals surface area (Å²) in [6, 6.07) is 20.5. The molecule has 0 unspecified atom stereocenters. The lowest BCUT2D eigenvalue weighted by molar-refractivity contribution is 0.0867. The standard InChI is InChI=1S/C21H18ClN3O/c1-26-24-12-14-8-10-15(11-9-14)16-4-2-6-18(21(16)22)17-5-3-7-20-19(17)13-23-25-20/h2-11,13,24H,12H2,1H3,(H,23,25). The number of aromatic amines is 1. The molecule has 0 aliphatic rings. The molecular weight excluding hydrogens is 346 g/mol. The van der Waals surface area contributed by atoms with Gasteiger partial charge in [0, 0.05) is 23.1 Å². The molecule has 0 fully saturated rings. The molecular formula is C21H18ClN3O. The van der Waals surface area contributed by atoms with Gasteiger partial charge >= 0.3 is 0 Å². The van der Waals surface area contributed by atoms with Crippen LogP contribution in [0.15, 0.2) is 66.9 Å². The van der Waals surface area contributed by atoms with Gasteiger partial charge in [0.25, 0.3) is 0 Å². The summed E-state index contributed by atoms with van der Waals surface area (Å²) in [5.74, 6) is 0. The number of halogens is 1. The zero-order valence-corrected chi connectivity index (χ0v) is 15.0. The Labute approximate surface area is 156 Å². The van der Waals surface area contributed by atoms with E-state index >= 15 is 0 Å².